The zero-order valence-corrected chi connectivity index (χ0v) is 18.7. The molecule has 2 aromatic rings. The van der Waals surface area contributed by atoms with Gasteiger partial charge in [-0.15, -0.1) is 0 Å². The van der Waals surface area contributed by atoms with Crippen molar-refractivity contribution >= 4 is 17.3 Å². The molecule has 1 unspecified atom stereocenters. The molecule has 2 aromatic carbocycles. The van der Waals surface area contributed by atoms with E-state index in [0.29, 0.717) is 24.9 Å². The molecule has 1 atom stereocenters. The smallest absolute Gasteiger partial charge is 0.274 e. The largest absolute Gasteiger partial charge is 0.303 e. The Labute approximate surface area is 188 Å². The van der Waals surface area contributed by atoms with Crippen molar-refractivity contribution in [1.29, 1.82) is 0 Å². The second kappa shape index (κ2) is 9.61. The molecular weight excluding hydrogens is 404 g/mol. The van der Waals surface area contributed by atoms with Crippen LogP contribution < -0.4 is 0 Å². The summed E-state index contributed by atoms with van der Waals surface area (Å²) < 4.78 is 0. The molecule has 1 fully saturated rings. The molecule has 2 heterocycles. The zero-order chi connectivity index (χ0) is 22.7. The fourth-order valence-corrected chi connectivity index (χ4v) is 4.57. The van der Waals surface area contributed by atoms with E-state index in [4.69, 9.17) is 5.10 Å². The Morgan fingerprint density at radius 1 is 1.16 bits per heavy atom. The van der Waals surface area contributed by atoms with Crippen LogP contribution in [0.2, 0.25) is 0 Å². The molecule has 0 radical (unpaired) electrons. The molecule has 1 amide bonds. The van der Waals surface area contributed by atoms with Gasteiger partial charge in [0.25, 0.3) is 5.69 Å². The predicted molar refractivity (Wildman–Crippen MR) is 124 cm³/mol. The molecule has 0 spiro atoms. The number of carbonyl (C=O) groups is 1. The Morgan fingerprint density at radius 2 is 1.91 bits per heavy atom. The first-order chi connectivity index (χ1) is 15.4. The highest BCUT2D eigenvalue weighted by atomic mass is 16.6. The summed E-state index contributed by atoms with van der Waals surface area (Å²) in [5.74, 6) is 0.652. The summed E-state index contributed by atoms with van der Waals surface area (Å²) in [7, 11) is 0. The highest BCUT2D eigenvalue weighted by Crippen LogP contribution is 2.37. The number of nitrogens with zero attached hydrogens (tertiary/aromatic N) is 4. The van der Waals surface area contributed by atoms with E-state index in [2.05, 4.69) is 11.8 Å². The first-order valence-corrected chi connectivity index (χ1v) is 11.3. The van der Waals surface area contributed by atoms with Crippen LogP contribution >= 0.6 is 0 Å². The third kappa shape index (κ3) is 4.88. The van der Waals surface area contributed by atoms with Gasteiger partial charge in [0.2, 0.25) is 5.91 Å². The minimum atomic E-state index is -0.471. The summed E-state index contributed by atoms with van der Waals surface area (Å²) in [5, 5.41) is 17.9. The van der Waals surface area contributed by atoms with Crippen LogP contribution in [0.3, 0.4) is 0 Å². The molecule has 32 heavy (non-hydrogen) atoms. The van der Waals surface area contributed by atoms with E-state index in [1.54, 1.807) is 18.2 Å². The SMILES string of the molecule is Cc1cccc(C2=NN(C(=O)CCN3CCC(C)CC3)C(c3ccccc3[N+](=O)[O-])C2)c1. The minimum Gasteiger partial charge on any atom is -0.303 e. The van der Waals surface area contributed by atoms with E-state index in [-0.39, 0.29) is 16.5 Å². The molecular formula is C25H30N4O3. The van der Waals surface area contributed by atoms with Crippen LogP contribution in [0.5, 0.6) is 0 Å². The van der Waals surface area contributed by atoms with Gasteiger partial charge in [-0.25, -0.2) is 5.01 Å². The minimum absolute atomic E-state index is 0.0287. The average molecular weight is 435 g/mol. The number of hydrogen-bond donors (Lipinski definition) is 0. The highest BCUT2D eigenvalue weighted by molar-refractivity contribution is 6.03. The van der Waals surface area contributed by atoms with Crippen LogP contribution in [0.4, 0.5) is 5.69 Å². The normalized spacial score (nSPS) is 19.8. The monoisotopic (exact) mass is 434 g/mol. The molecule has 0 bridgehead atoms. The Bertz CT molecular complexity index is 1030. The second-order valence-electron chi connectivity index (χ2n) is 8.96. The summed E-state index contributed by atoms with van der Waals surface area (Å²) >= 11 is 0. The number of nitro benzene ring substituents is 1. The van der Waals surface area contributed by atoms with Gasteiger partial charge in [-0.2, -0.15) is 5.10 Å². The number of benzene rings is 2. The summed E-state index contributed by atoms with van der Waals surface area (Å²) in [5.41, 5.74) is 3.41. The van der Waals surface area contributed by atoms with E-state index in [1.807, 2.05) is 31.2 Å². The van der Waals surface area contributed by atoms with E-state index in [0.717, 1.165) is 48.7 Å². The summed E-state index contributed by atoms with van der Waals surface area (Å²) in [6.45, 7) is 7.01. The van der Waals surface area contributed by atoms with E-state index in [9.17, 15) is 14.9 Å². The van der Waals surface area contributed by atoms with E-state index < -0.39 is 6.04 Å². The number of amides is 1. The molecule has 168 valence electrons. The van der Waals surface area contributed by atoms with Gasteiger partial charge < -0.3 is 4.90 Å². The maximum absolute atomic E-state index is 13.3. The predicted octanol–water partition coefficient (Wildman–Crippen LogP) is 4.70. The van der Waals surface area contributed by atoms with Crippen molar-refractivity contribution in [2.75, 3.05) is 19.6 Å². The zero-order valence-electron chi connectivity index (χ0n) is 18.7. The van der Waals surface area contributed by atoms with Crippen molar-refractivity contribution in [3.63, 3.8) is 0 Å². The van der Waals surface area contributed by atoms with Crippen molar-refractivity contribution in [1.82, 2.24) is 9.91 Å². The van der Waals surface area contributed by atoms with Gasteiger partial charge in [-0.3, -0.25) is 14.9 Å². The quantitative estimate of drug-likeness (QED) is 0.487. The highest BCUT2D eigenvalue weighted by Gasteiger charge is 2.36. The molecule has 1 saturated heterocycles. The summed E-state index contributed by atoms with van der Waals surface area (Å²) in [4.78, 5) is 26.9. The molecule has 0 saturated carbocycles. The topological polar surface area (TPSA) is 79.0 Å². The Morgan fingerprint density at radius 3 is 2.62 bits per heavy atom. The molecule has 0 aromatic heterocycles. The fourth-order valence-electron chi connectivity index (χ4n) is 4.57. The number of para-hydroxylation sites is 1. The lowest BCUT2D eigenvalue weighted by molar-refractivity contribution is -0.385. The maximum atomic E-state index is 13.3. The van der Waals surface area contributed by atoms with Crippen molar-refractivity contribution in [2.24, 2.45) is 11.0 Å². The molecule has 7 heteroatoms. The van der Waals surface area contributed by atoms with Crippen LogP contribution in [0.15, 0.2) is 53.6 Å². The Kier molecular flexibility index (Phi) is 6.65. The van der Waals surface area contributed by atoms with Gasteiger partial charge in [0.15, 0.2) is 0 Å². The van der Waals surface area contributed by atoms with Crippen LogP contribution in [0.25, 0.3) is 0 Å². The maximum Gasteiger partial charge on any atom is 0.274 e. The molecule has 7 nitrogen and oxygen atoms in total. The van der Waals surface area contributed by atoms with Crippen LogP contribution in [0.1, 0.15) is 55.3 Å². The van der Waals surface area contributed by atoms with Crippen LogP contribution in [-0.4, -0.2) is 46.1 Å². The molecule has 2 aliphatic rings. The lowest BCUT2D eigenvalue weighted by Gasteiger charge is -2.30. The van der Waals surface area contributed by atoms with E-state index >= 15 is 0 Å². The second-order valence-corrected chi connectivity index (χ2v) is 8.96. The third-order valence-electron chi connectivity index (χ3n) is 6.53. The van der Waals surface area contributed by atoms with Crippen molar-refractivity contribution in [3.8, 4) is 0 Å². The summed E-state index contributed by atoms with van der Waals surface area (Å²) in [6, 6.07) is 14.2. The van der Waals surface area contributed by atoms with E-state index in [1.165, 1.54) is 11.1 Å². The number of hydrogen-bond acceptors (Lipinski definition) is 5. The number of likely N-dealkylation sites (tertiary alicyclic amines) is 1. The Hall–Kier alpha value is -3.06. The van der Waals surface area contributed by atoms with Gasteiger partial charge in [0, 0.05) is 25.5 Å². The summed E-state index contributed by atoms with van der Waals surface area (Å²) in [6.07, 6.45) is 3.14. The molecule has 4 rings (SSSR count). The first kappa shape index (κ1) is 22.1. The van der Waals surface area contributed by atoms with Gasteiger partial charge in [0.1, 0.15) is 0 Å². The van der Waals surface area contributed by atoms with Crippen LogP contribution in [0, 0.1) is 23.0 Å². The molecule has 2 aliphatic heterocycles. The number of carbonyl (C=O) groups excluding carboxylic acids is 1. The lowest BCUT2D eigenvalue weighted by Crippen LogP contribution is -2.36. The van der Waals surface area contributed by atoms with Gasteiger partial charge in [-0.1, -0.05) is 48.9 Å². The van der Waals surface area contributed by atoms with Crippen LogP contribution in [-0.2, 0) is 4.79 Å². The molecule has 0 N–H and O–H groups in total. The van der Waals surface area contributed by atoms with Gasteiger partial charge in [-0.05, 0) is 50.4 Å². The number of piperidine rings is 1. The first-order valence-electron chi connectivity index (χ1n) is 11.3. The third-order valence-corrected chi connectivity index (χ3v) is 6.53. The fraction of sp³-hybridized carbons (Fsp3) is 0.440. The number of nitro groups is 1. The van der Waals surface area contributed by atoms with Gasteiger partial charge >= 0.3 is 0 Å². The lowest BCUT2D eigenvalue weighted by atomic mass is 9.96. The van der Waals surface area contributed by atoms with Crippen molar-refractivity contribution in [2.45, 2.75) is 45.6 Å². The molecule has 0 aliphatic carbocycles. The van der Waals surface area contributed by atoms with Gasteiger partial charge in [0.05, 0.1) is 22.2 Å². The number of aryl methyl sites for hydroxylation is 1. The number of rotatable bonds is 6. The number of hydrazone groups is 1. The standard InChI is InChI=1S/C25H30N4O3/c1-18-10-13-27(14-11-18)15-12-25(30)28-24(21-8-3-4-9-23(21)29(31)32)17-22(26-28)20-7-5-6-19(2)16-20/h3-9,16,18,24H,10-15,17H2,1-2H3. The van der Waals surface area contributed by atoms with Crippen molar-refractivity contribution < 1.29 is 9.72 Å². The average Bonchev–Trinajstić information content (AvgIpc) is 3.24. The Balaban J connectivity index is 1.59. The van der Waals surface area contributed by atoms with Crippen molar-refractivity contribution in [3.05, 3.63) is 75.3 Å².